The van der Waals surface area contributed by atoms with Gasteiger partial charge in [-0.25, -0.2) is 9.97 Å². The summed E-state index contributed by atoms with van der Waals surface area (Å²) in [5.41, 5.74) is 2.47. The minimum absolute atomic E-state index is 0.850. The lowest BCUT2D eigenvalue weighted by Gasteiger charge is -2.36. The highest BCUT2D eigenvalue weighted by Crippen LogP contribution is 2.20. The second-order valence-corrected chi connectivity index (χ2v) is 6.11. The van der Waals surface area contributed by atoms with E-state index in [-0.39, 0.29) is 0 Å². The SMILES string of the molecule is CCc1cnc(N2CCN(c3ccc(Br)cc3)CC2)nc1. The molecule has 1 aromatic carbocycles. The van der Waals surface area contributed by atoms with Crippen LogP contribution in [0.2, 0.25) is 0 Å². The molecule has 2 aromatic rings. The molecule has 0 unspecified atom stereocenters. The van der Waals surface area contributed by atoms with Gasteiger partial charge in [-0.15, -0.1) is 0 Å². The first-order valence-corrected chi connectivity index (χ1v) is 8.12. The number of nitrogens with zero attached hydrogens (tertiary/aromatic N) is 4. The Kier molecular flexibility index (Phi) is 4.39. The average Bonchev–Trinajstić information content (AvgIpc) is 2.56. The Bertz CT molecular complexity index is 574. The summed E-state index contributed by atoms with van der Waals surface area (Å²) in [5, 5.41) is 0. The molecule has 1 aliphatic heterocycles. The number of benzene rings is 1. The molecule has 1 fully saturated rings. The summed E-state index contributed by atoms with van der Waals surface area (Å²) in [6.45, 7) is 6.04. The fourth-order valence-corrected chi connectivity index (χ4v) is 2.77. The Hall–Kier alpha value is -1.62. The fourth-order valence-electron chi connectivity index (χ4n) is 2.51. The number of anilines is 2. The van der Waals surface area contributed by atoms with Crippen LogP contribution in [0, 0.1) is 0 Å². The third-order valence-corrected chi connectivity index (χ3v) is 4.38. The summed E-state index contributed by atoms with van der Waals surface area (Å²) in [5.74, 6) is 0.850. The summed E-state index contributed by atoms with van der Waals surface area (Å²) in [6.07, 6.45) is 4.85. The van der Waals surface area contributed by atoms with Crippen molar-refractivity contribution in [3.05, 3.63) is 46.7 Å². The Morgan fingerprint density at radius 3 is 2.10 bits per heavy atom. The van der Waals surface area contributed by atoms with Crippen LogP contribution in [0.25, 0.3) is 0 Å². The van der Waals surface area contributed by atoms with Crippen LogP contribution in [0.3, 0.4) is 0 Å². The molecule has 1 aromatic heterocycles. The standard InChI is InChI=1S/C16H19BrN4/c1-2-13-11-18-16(19-12-13)21-9-7-20(8-10-21)15-5-3-14(17)4-6-15/h3-6,11-12H,2,7-10H2,1H3. The van der Waals surface area contributed by atoms with E-state index >= 15 is 0 Å². The molecule has 0 bridgehead atoms. The van der Waals surface area contributed by atoms with E-state index in [1.807, 2.05) is 12.4 Å². The van der Waals surface area contributed by atoms with Crippen molar-refractivity contribution < 1.29 is 0 Å². The topological polar surface area (TPSA) is 32.3 Å². The second-order valence-electron chi connectivity index (χ2n) is 5.20. The fraction of sp³-hybridized carbons (Fsp3) is 0.375. The minimum atomic E-state index is 0.850. The zero-order chi connectivity index (χ0) is 14.7. The second kappa shape index (κ2) is 6.43. The molecule has 0 aliphatic carbocycles. The number of hydrogen-bond donors (Lipinski definition) is 0. The molecule has 0 atom stereocenters. The molecule has 0 spiro atoms. The van der Waals surface area contributed by atoms with Gasteiger partial charge in [0, 0.05) is 48.7 Å². The van der Waals surface area contributed by atoms with Crippen LogP contribution in [0.15, 0.2) is 41.1 Å². The highest BCUT2D eigenvalue weighted by molar-refractivity contribution is 9.10. The third-order valence-electron chi connectivity index (χ3n) is 3.85. The van der Waals surface area contributed by atoms with Gasteiger partial charge in [0.25, 0.3) is 0 Å². The molecule has 0 radical (unpaired) electrons. The van der Waals surface area contributed by atoms with E-state index in [2.05, 4.69) is 66.9 Å². The largest absolute Gasteiger partial charge is 0.368 e. The van der Waals surface area contributed by atoms with Crippen LogP contribution in [-0.2, 0) is 6.42 Å². The van der Waals surface area contributed by atoms with Crippen molar-refractivity contribution in [3.63, 3.8) is 0 Å². The maximum atomic E-state index is 4.47. The van der Waals surface area contributed by atoms with E-state index in [0.717, 1.165) is 43.0 Å². The van der Waals surface area contributed by atoms with Crippen molar-refractivity contribution in [2.75, 3.05) is 36.0 Å². The highest BCUT2D eigenvalue weighted by Gasteiger charge is 2.19. The van der Waals surface area contributed by atoms with E-state index < -0.39 is 0 Å². The molecule has 4 nitrogen and oxygen atoms in total. The molecule has 1 saturated heterocycles. The van der Waals surface area contributed by atoms with Gasteiger partial charge in [0.15, 0.2) is 0 Å². The normalized spacial score (nSPS) is 15.3. The molecular formula is C16H19BrN4. The minimum Gasteiger partial charge on any atom is -0.368 e. The first kappa shape index (κ1) is 14.3. The van der Waals surface area contributed by atoms with Gasteiger partial charge >= 0.3 is 0 Å². The van der Waals surface area contributed by atoms with Crippen LogP contribution >= 0.6 is 15.9 Å². The molecular weight excluding hydrogens is 328 g/mol. The average molecular weight is 347 g/mol. The summed E-state index contributed by atoms with van der Waals surface area (Å²) in [4.78, 5) is 13.6. The number of halogens is 1. The van der Waals surface area contributed by atoms with Gasteiger partial charge in [0.05, 0.1) is 0 Å². The molecule has 3 rings (SSSR count). The molecule has 0 N–H and O–H groups in total. The van der Waals surface area contributed by atoms with Crippen molar-refractivity contribution in [2.24, 2.45) is 0 Å². The van der Waals surface area contributed by atoms with Crippen LogP contribution in [0.4, 0.5) is 11.6 Å². The van der Waals surface area contributed by atoms with Gasteiger partial charge in [-0.2, -0.15) is 0 Å². The Morgan fingerprint density at radius 2 is 1.52 bits per heavy atom. The predicted octanol–water partition coefficient (Wildman–Crippen LogP) is 3.13. The van der Waals surface area contributed by atoms with E-state index in [4.69, 9.17) is 0 Å². The maximum Gasteiger partial charge on any atom is 0.225 e. The van der Waals surface area contributed by atoms with Crippen LogP contribution in [0.5, 0.6) is 0 Å². The molecule has 110 valence electrons. The lowest BCUT2D eigenvalue weighted by Crippen LogP contribution is -2.47. The van der Waals surface area contributed by atoms with Crippen molar-refractivity contribution in [3.8, 4) is 0 Å². The van der Waals surface area contributed by atoms with Crippen LogP contribution in [-0.4, -0.2) is 36.1 Å². The molecule has 0 saturated carbocycles. The predicted molar refractivity (Wildman–Crippen MR) is 90.0 cm³/mol. The van der Waals surface area contributed by atoms with Gasteiger partial charge in [-0.1, -0.05) is 22.9 Å². The number of piperazine rings is 1. The van der Waals surface area contributed by atoms with Gasteiger partial charge < -0.3 is 9.80 Å². The molecule has 21 heavy (non-hydrogen) atoms. The lowest BCUT2D eigenvalue weighted by atomic mass is 10.2. The Morgan fingerprint density at radius 1 is 0.952 bits per heavy atom. The van der Waals surface area contributed by atoms with Crippen LogP contribution in [0.1, 0.15) is 12.5 Å². The van der Waals surface area contributed by atoms with Gasteiger partial charge in [-0.05, 0) is 36.2 Å². The van der Waals surface area contributed by atoms with E-state index in [1.54, 1.807) is 0 Å². The highest BCUT2D eigenvalue weighted by atomic mass is 79.9. The molecule has 2 heterocycles. The van der Waals surface area contributed by atoms with Crippen LogP contribution < -0.4 is 9.80 Å². The summed E-state index contributed by atoms with van der Waals surface area (Å²) in [7, 11) is 0. The molecule has 1 aliphatic rings. The van der Waals surface area contributed by atoms with Crippen molar-refractivity contribution >= 4 is 27.6 Å². The smallest absolute Gasteiger partial charge is 0.225 e. The summed E-state index contributed by atoms with van der Waals surface area (Å²) < 4.78 is 1.12. The summed E-state index contributed by atoms with van der Waals surface area (Å²) >= 11 is 3.48. The van der Waals surface area contributed by atoms with Crippen molar-refractivity contribution in [2.45, 2.75) is 13.3 Å². The van der Waals surface area contributed by atoms with Gasteiger partial charge in [0.2, 0.25) is 5.95 Å². The van der Waals surface area contributed by atoms with E-state index in [1.165, 1.54) is 11.3 Å². The van der Waals surface area contributed by atoms with Crippen molar-refractivity contribution in [1.82, 2.24) is 9.97 Å². The number of hydrogen-bond acceptors (Lipinski definition) is 4. The Labute approximate surface area is 133 Å². The molecule has 0 amide bonds. The molecule has 5 heteroatoms. The van der Waals surface area contributed by atoms with E-state index in [0.29, 0.717) is 0 Å². The van der Waals surface area contributed by atoms with Gasteiger partial charge in [-0.3, -0.25) is 0 Å². The number of rotatable bonds is 3. The lowest BCUT2D eigenvalue weighted by molar-refractivity contribution is 0.639. The van der Waals surface area contributed by atoms with Gasteiger partial charge in [0.1, 0.15) is 0 Å². The van der Waals surface area contributed by atoms with Crippen molar-refractivity contribution in [1.29, 1.82) is 0 Å². The Balaban J connectivity index is 1.62. The zero-order valence-corrected chi connectivity index (χ0v) is 13.8. The first-order chi connectivity index (χ1) is 10.3. The van der Waals surface area contributed by atoms with E-state index in [9.17, 15) is 0 Å². The number of aromatic nitrogens is 2. The summed E-state index contributed by atoms with van der Waals surface area (Å²) in [6, 6.07) is 8.50. The monoisotopic (exact) mass is 346 g/mol. The zero-order valence-electron chi connectivity index (χ0n) is 12.2. The maximum absolute atomic E-state index is 4.47. The quantitative estimate of drug-likeness (QED) is 0.854. The first-order valence-electron chi connectivity index (χ1n) is 7.32. The third kappa shape index (κ3) is 3.35. The number of aryl methyl sites for hydroxylation is 1.